The van der Waals surface area contributed by atoms with Gasteiger partial charge in [-0.3, -0.25) is 0 Å². The fraction of sp³-hybridized carbons (Fsp3) is 0.357. The Morgan fingerprint density at radius 3 is 2.35 bits per heavy atom. The number of nitrogens with zero attached hydrogens (tertiary/aromatic N) is 1. The predicted molar refractivity (Wildman–Crippen MR) is 74.0 cm³/mol. The van der Waals surface area contributed by atoms with Crippen LogP contribution >= 0.6 is 12.2 Å². The molecule has 1 aromatic heterocycles. The minimum absolute atomic E-state index is 0.584. The van der Waals surface area contributed by atoms with Gasteiger partial charge in [-0.05, 0) is 36.2 Å². The van der Waals surface area contributed by atoms with E-state index in [4.69, 9.17) is 12.2 Å². The minimum Gasteiger partial charge on any atom is -0.335 e. The zero-order chi connectivity index (χ0) is 12.4. The highest BCUT2D eigenvalue weighted by atomic mass is 32.1. The molecule has 0 radical (unpaired) electrons. The van der Waals surface area contributed by atoms with Crippen molar-refractivity contribution in [3.05, 3.63) is 52.1 Å². The van der Waals surface area contributed by atoms with E-state index in [9.17, 15) is 0 Å². The van der Waals surface area contributed by atoms with Crippen LogP contribution in [0.5, 0.6) is 0 Å². The lowest BCUT2D eigenvalue weighted by molar-refractivity contribution is 0.781. The average Bonchev–Trinajstić information content (AvgIpc) is 2.58. The molecule has 1 N–H and O–H groups in total. The highest BCUT2D eigenvalue weighted by Gasteiger charge is 2.01. The molecular weight excluding hydrogens is 228 g/mol. The zero-order valence-corrected chi connectivity index (χ0v) is 11.3. The monoisotopic (exact) mass is 246 g/mol. The predicted octanol–water partition coefficient (Wildman–Crippen LogP) is 4.03. The minimum atomic E-state index is 0.584. The Hall–Kier alpha value is -1.35. The molecular formula is C14H18N2S. The number of imidazole rings is 1. The number of aromatic nitrogens is 2. The number of aryl methyl sites for hydroxylation is 1. The third-order valence-electron chi connectivity index (χ3n) is 2.91. The van der Waals surface area contributed by atoms with Crippen molar-refractivity contribution in [1.82, 2.24) is 9.55 Å². The van der Waals surface area contributed by atoms with E-state index in [0.29, 0.717) is 5.92 Å². The van der Waals surface area contributed by atoms with Gasteiger partial charge in [0.15, 0.2) is 4.77 Å². The van der Waals surface area contributed by atoms with Crippen LogP contribution in [0.25, 0.3) is 0 Å². The molecule has 3 heteroatoms. The van der Waals surface area contributed by atoms with Crippen LogP contribution in [0.3, 0.4) is 0 Å². The van der Waals surface area contributed by atoms with Crippen molar-refractivity contribution in [2.24, 2.45) is 0 Å². The standard InChI is InChI=1S/C14H18N2S/c1-10(2)13-6-4-12(5-7-13)9-16-8-11(3)15-14(16)17/h4-8,10H,9H2,1-3H3,(H,15,17). The summed E-state index contributed by atoms with van der Waals surface area (Å²) in [6, 6.07) is 8.76. The zero-order valence-electron chi connectivity index (χ0n) is 10.5. The quantitative estimate of drug-likeness (QED) is 0.811. The Kier molecular flexibility index (Phi) is 3.48. The Morgan fingerprint density at radius 2 is 1.88 bits per heavy atom. The van der Waals surface area contributed by atoms with Crippen molar-refractivity contribution in [1.29, 1.82) is 0 Å². The first-order chi connectivity index (χ1) is 8.06. The van der Waals surface area contributed by atoms with E-state index in [0.717, 1.165) is 17.0 Å². The van der Waals surface area contributed by atoms with Crippen molar-refractivity contribution < 1.29 is 0 Å². The molecule has 0 aliphatic rings. The molecule has 0 unspecified atom stereocenters. The lowest BCUT2D eigenvalue weighted by Gasteiger charge is -2.07. The first-order valence-corrected chi connectivity index (χ1v) is 6.32. The first-order valence-electron chi connectivity index (χ1n) is 5.91. The smallest absolute Gasteiger partial charge is 0.177 e. The van der Waals surface area contributed by atoms with Gasteiger partial charge in [0.2, 0.25) is 0 Å². The van der Waals surface area contributed by atoms with Gasteiger partial charge in [0, 0.05) is 18.4 Å². The first kappa shape index (κ1) is 12.1. The molecule has 0 saturated heterocycles. The molecule has 0 atom stereocenters. The SMILES string of the molecule is Cc1cn(Cc2ccc(C(C)C)cc2)c(=S)[nH]1. The van der Waals surface area contributed by atoms with Crippen LogP contribution in [-0.4, -0.2) is 9.55 Å². The lowest BCUT2D eigenvalue weighted by Crippen LogP contribution is -1.98. The van der Waals surface area contributed by atoms with Gasteiger partial charge in [-0.1, -0.05) is 38.1 Å². The van der Waals surface area contributed by atoms with Crippen LogP contribution in [0.4, 0.5) is 0 Å². The van der Waals surface area contributed by atoms with Gasteiger partial charge in [0.25, 0.3) is 0 Å². The fourth-order valence-corrected chi connectivity index (χ4v) is 2.17. The molecule has 17 heavy (non-hydrogen) atoms. The Balaban J connectivity index is 2.19. The van der Waals surface area contributed by atoms with Crippen LogP contribution in [-0.2, 0) is 6.54 Å². The number of aromatic amines is 1. The molecule has 0 saturated carbocycles. The maximum Gasteiger partial charge on any atom is 0.177 e. The Labute approximate surface area is 107 Å². The Bertz CT molecular complexity index is 546. The lowest BCUT2D eigenvalue weighted by atomic mass is 10.0. The number of hydrogen-bond acceptors (Lipinski definition) is 1. The van der Waals surface area contributed by atoms with Gasteiger partial charge in [0.05, 0.1) is 0 Å². The van der Waals surface area contributed by atoms with Crippen LogP contribution in [0.2, 0.25) is 0 Å². The molecule has 2 aromatic rings. The maximum absolute atomic E-state index is 5.25. The summed E-state index contributed by atoms with van der Waals surface area (Å²) in [5, 5.41) is 0. The molecule has 90 valence electrons. The summed E-state index contributed by atoms with van der Waals surface area (Å²) in [6.45, 7) is 7.27. The van der Waals surface area contributed by atoms with E-state index in [-0.39, 0.29) is 0 Å². The molecule has 2 nitrogen and oxygen atoms in total. The van der Waals surface area contributed by atoms with Crippen LogP contribution < -0.4 is 0 Å². The van der Waals surface area contributed by atoms with Crippen molar-refractivity contribution in [3.63, 3.8) is 0 Å². The van der Waals surface area contributed by atoms with Crippen LogP contribution in [0.1, 0.15) is 36.6 Å². The summed E-state index contributed by atoms with van der Waals surface area (Å²) in [6.07, 6.45) is 2.05. The van der Waals surface area contributed by atoms with Gasteiger partial charge in [-0.2, -0.15) is 0 Å². The molecule has 1 aromatic carbocycles. The van der Waals surface area contributed by atoms with Crippen LogP contribution in [0, 0.1) is 11.7 Å². The molecule has 0 bridgehead atoms. The largest absolute Gasteiger partial charge is 0.335 e. The third-order valence-corrected chi connectivity index (χ3v) is 3.25. The van der Waals surface area contributed by atoms with Crippen molar-refractivity contribution >= 4 is 12.2 Å². The number of benzene rings is 1. The van der Waals surface area contributed by atoms with Gasteiger partial charge in [-0.25, -0.2) is 0 Å². The summed E-state index contributed by atoms with van der Waals surface area (Å²) in [4.78, 5) is 3.14. The number of rotatable bonds is 3. The third kappa shape index (κ3) is 2.86. The molecule has 0 aliphatic heterocycles. The normalized spacial score (nSPS) is 11.1. The van der Waals surface area contributed by atoms with Crippen LogP contribution in [0.15, 0.2) is 30.5 Å². The van der Waals surface area contributed by atoms with E-state index in [2.05, 4.69) is 53.9 Å². The number of nitrogens with one attached hydrogen (secondary N) is 1. The van der Waals surface area contributed by atoms with Crippen molar-refractivity contribution in [3.8, 4) is 0 Å². The Morgan fingerprint density at radius 1 is 1.24 bits per heavy atom. The summed E-state index contributed by atoms with van der Waals surface area (Å²) < 4.78 is 2.85. The molecule has 0 amide bonds. The van der Waals surface area contributed by atoms with Gasteiger partial charge < -0.3 is 9.55 Å². The summed E-state index contributed by atoms with van der Waals surface area (Å²) in [5.74, 6) is 0.584. The van der Waals surface area contributed by atoms with Crippen molar-refractivity contribution in [2.75, 3.05) is 0 Å². The molecule has 2 rings (SSSR count). The maximum atomic E-state index is 5.25. The van der Waals surface area contributed by atoms with Gasteiger partial charge >= 0.3 is 0 Å². The number of H-pyrrole nitrogens is 1. The van der Waals surface area contributed by atoms with E-state index < -0.39 is 0 Å². The molecule has 0 aliphatic carbocycles. The fourth-order valence-electron chi connectivity index (χ4n) is 1.89. The van der Waals surface area contributed by atoms with E-state index >= 15 is 0 Å². The highest BCUT2D eigenvalue weighted by molar-refractivity contribution is 7.71. The van der Waals surface area contributed by atoms with E-state index in [1.54, 1.807) is 0 Å². The average molecular weight is 246 g/mol. The second-order valence-corrected chi connectivity index (χ2v) is 5.15. The summed E-state index contributed by atoms with van der Waals surface area (Å²) in [5.41, 5.74) is 3.76. The van der Waals surface area contributed by atoms with Gasteiger partial charge in [-0.15, -0.1) is 0 Å². The van der Waals surface area contributed by atoms with E-state index in [1.165, 1.54) is 11.1 Å². The highest BCUT2D eigenvalue weighted by Crippen LogP contribution is 2.15. The second kappa shape index (κ2) is 4.88. The molecule has 0 spiro atoms. The molecule has 0 fully saturated rings. The van der Waals surface area contributed by atoms with Crippen molar-refractivity contribution in [2.45, 2.75) is 33.2 Å². The molecule has 1 heterocycles. The topological polar surface area (TPSA) is 20.7 Å². The number of hydrogen-bond donors (Lipinski definition) is 1. The summed E-state index contributed by atoms with van der Waals surface area (Å²) >= 11 is 5.25. The second-order valence-electron chi connectivity index (χ2n) is 4.77. The van der Waals surface area contributed by atoms with Gasteiger partial charge in [0.1, 0.15) is 0 Å². The summed E-state index contributed by atoms with van der Waals surface area (Å²) in [7, 11) is 0. The van der Waals surface area contributed by atoms with E-state index in [1.807, 2.05) is 6.92 Å².